The Morgan fingerprint density at radius 1 is 0.544 bits per heavy atom. The number of nitrogens with zero attached hydrogens (tertiary/aromatic N) is 1. The van der Waals surface area contributed by atoms with E-state index in [0.29, 0.717) is 19.3 Å². The van der Waals surface area contributed by atoms with Gasteiger partial charge in [0.05, 0.1) is 34.4 Å². The number of hydrogen-bond donors (Lipinski definition) is 1. The number of ether oxygens (including phenoxy) is 3. The first-order valence-electron chi connectivity index (χ1n) is 23.9. The molecule has 0 aliphatic rings. The van der Waals surface area contributed by atoms with Crippen LogP contribution in [-0.4, -0.2) is 80.6 Å². The smallest absolute Gasteiger partial charge is 0.362 e. The van der Waals surface area contributed by atoms with E-state index >= 15 is 0 Å². The third-order valence-corrected chi connectivity index (χ3v) is 10.9. The molecule has 2 unspecified atom stereocenters. The van der Waals surface area contributed by atoms with E-state index in [1.165, 1.54) is 116 Å². The Balaban J connectivity index is 4.18. The normalized spacial score (nSPS) is 13.1. The van der Waals surface area contributed by atoms with Gasteiger partial charge in [-0.15, -0.1) is 0 Å². The summed E-state index contributed by atoms with van der Waals surface area (Å²) in [5, 5.41) is 9.62. The van der Waals surface area contributed by atoms with Crippen molar-refractivity contribution in [3.05, 3.63) is 24.3 Å². The van der Waals surface area contributed by atoms with E-state index in [0.717, 1.165) is 70.6 Å². The number of unbranched alkanes of at least 4 members (excludes halogenated alkanes) is 25. The molecule has 0 aromatic rings. The SMILES string of the molecule is CC/C=C/C/C=C/CCCCCCCC(=O)OC(COCCC(C(=O)O)[N+](C)(C)C)COC(=O)CCCCCCCCCCCCCCCCCCCCCCC. The monoisotopic (exact) mass is 807 g/mol. The third-order valence-electron chi connectivity index (χ3n) is 10.9. The van der Waals surface area contributed by atoms with Gasteiger partial charge in [-0.3, -0.25) is 9.59 Å². The number of carbonyl (C=O) groups excluding carboxylic acids is 2. The molecule has 0 fully saturated rings. The first-order chi connectivity index (χ1) is 27.6. The predicted octanol–water partition coefficient (Wildman–Crippen LogP) is 13.3. The fourth-order valence-corrected chi connectivity index (χ4v) is 7.19. The van der Waals surface area contributed by atoms with Crippen LogP contribution in [-0.2, 0) is 28.6 Å². The summed E-state index contributed by atoms with van der Waals surface area (Å²) >= 11 is 0. The number of allylic oxidation sites excluding steroid dienone is 4. The highest BCUT2D eigenvalue weighted by Gasteiger charge is 2.31. The van der Waals surface area contributed by atoms with Crippen LogP contribution < -0.4 is 0 Å². The summed E-state index contributed by atoms with van der Waals surface area (Å²) in [5.41, 5.74) is 0. The molecule has 57 heavy (non-hydrogen) atoms. The first-order valence-corrected chi connectivity index (χ1v) is 23.9. The summed E-state index contributed by atoms with van der Waals surface area (Å²) in [6.45, 7) is 4.64. The Labute approximate surface area is 351 Å². The number of likely N-dealkylation sites (N-methyl/N-ethyl adjacent to an activating group) is 1. The number of carbonyl (C=O) groups is 3. The largest absolute Gasteiger partial charge is 0.477 e. The number of quaternary nitrogens is 1. The van der Waals surface area contributed by atoms with Crippen LogP contribution in [0.2, 0.25) is 0 Å². The molecule has 0 spiro atoms. The van der Waals surface area contributed by atoms with Crippen LogP contribution >= 0.6 is 0 Å². The minimum absolute atomic E-state index is 0.0523. The van der Waals surface area contributed by atoms with Crippen LogP contribution in [0, 0.1) is 0 Å². The van der Waals surface area contributed by atoms with Crippen molar-refractivity contribution in [2.24, 2.45) is 0 Å². The van der Waals surface area contributed by atoms with Crippen LogP contribution in [0.15, 0.2) is 24.3 Å². The summed E-state index contributed by atoms with van der Waals surface area (Å²) in [4.78, 5) is 37.0. The van der Waals surface area contributed by atoms with E-state index < -0.39 is 18.1 Å². The zero-order valence-electron chi connectivity index (χ0n) is 38.1. The van der Waals surface area contributed by atoms with Crippen molar-refractivity contribution in [2.45, 2.75) is 231 Å². The van der Waals surface area contributed by atoms with Gasteiger partial charge in [-0.2, -0.15) is 0 Å². The Bertz CT molecular complexity index is 989. The van der Waals surface area contributed by atoms with Gasteiger partial charge in [0.1, 0.15) is 6.61 Å². The third kappa shape index (κ3) is 39.1. The molecule has 0 heterocycles. The average molecular weight is 807 g/mol. The molecule has 0 bridgehead atoms. The number of aliphatic carboxylic acids is 1. The van der Waals surface area contributed by atoms with Gasteiger partial charge in [0.25, 0.3) is 0 Å². The van der Waals surface area contributed by atoms with E-state index in [2.05, 4.69) is 38.2 Å². The maximum Gasteiger partial charge on any atom is 0.362 e. The molecular weight excluding hydrogens is 715 g/mol. The fraction of sp³-hybridized carbons (Fsp3) is 0.857. The second-order valence-electron chi connectivity index (χ2n) is 17.3. The molecule has 334 valence electrons. The highest BCUT2D eigenvalue weighted by Crippen LogP contribution is 2.16. The van der Waals surface area contributed by atoms with Gasteiger partial charge in [0.2, 0.25) is 0 Å². The zero-order chi connectivity index (χ0) is 42.1. The average Bonchev–Trinajstić information content (AvgIpc) is 3.17. The minimum atomic E-state index is -0.875. The molecule has 8 nitrogen and oxygen atoms in total. The number of carboxylic acids is 1. The standard InChI is InChI=1S/C49H91NO7/c1-6-8-10-12-14-16-18-20-21-22-23-24-25-26-27-28-30-31-33-35-37-39-47(51)56-44-45(43-55-42-41-46(49(53)54)50(3,4)5)57-48(52)40-38-36-34-32-29-19-17-15-13-11-9-7-2/h9,11,15,17,45-46H,6-8,10,12-14,16,18-44H2,1-5H3/p+1/b11-9+,17-15+. The molecule has 0 saturated carbocycles. The molecule has 0 aromatic heterocycles. The topological polar surface area (TPSA) is 99.1 Å². The maximum atomic E-state index is 12.7. The fourth-order valence-electron chi connectivity index (χ4n) is 7.19. The summed E-state index contributed by atoms with van der Waals surface area (Å²) in [5.74, 6) is -1.47. The molecule has 1 N–H and O–H groups in total. The van der Waals surface area contributed by atoms with Crippen molar-refractivity contribution in [3.8, 4) is 0 Å². The molecule has 0 aliphatic heterocycles. The molecule has 0 aromatic carbocycles. The van der Waals surface area contributed by atoms with E-state index in [9.17, 15) is 19.5 Å². The van der Waals surface area contributed by atoms with Gasteiger partial charge in [-0.05, 0) is 38.5 Å². The lowest BCUT2D eigenvalue weighted by molar-refractivity contribution is -0.887. The highest BCUT2D eigenvalue weighted by molar-refractivity contribution is 5.72. The molecule has 8 heteroatoms. The number of esters is 2. The zero-order valence-corrected chi connectivity index (χ0v) is 38.1. The molecule has 0 amide bonds. The van der Waals surface area contributed by atoms with Crippen molar-refractivity contribution in [1.29, 1.82) is 0 Å². The van der Waals surface area contributed by atoms with Gasteiger partial charge in [-0.25, -0.2) is 4.79 Å². The summed E-state index contributed by atoms with van der Waals surface area (Å²) in [6.07, 6.45) is 45.2. The van der Waals surface area contributed by atoms with Crippen LogP contribution in [0.4, 0.5) is 0 Å². The number of carboxylic acid groups (broad SMARTS) is 1. The summed E-state index contributed by atoms with van der Waals surface area (Å²) in [7, 11) is 5.53. The van der Waals surface area contributed by atoms with Crippen molar-refractivity contribution < 1.29 is 38.2 Å². The van der Waals surface area contributed by atoms with Crippen LogP contribution in [0.3, 0.4) is 0 Å². The molecule has 0 rings (SSSR count). The lowest BCUT2D eigenvalue weighted by Gasteiger charge is -2.31. The van der Waals surface area contributed by atoms with Crippen molar-refractivity contribution in [2.75, 3.05) is 41.0 Å². The Hall–Kier alpha value is -2.19. The van der Waals surface area contributed by atoms with Crippen molar-refractivity contribution in [1.82, 2.24) is 0 Å². The summed E-state index contributed by atoms with van der Waals surface area (Å²) < 4.78 is 17.3. The van der Waals surface area contributed by atoms with Gasteiger partial charge >= 0.3 is 17.9 Å². The Morgan fingerprint density at radius 2 is 0.982 bits per heavy atom. The molecule has 0 aliphatic carbocycles. The second kappa shape index (κ2) is 40.6. The van der Waals surface area contributed by atoms with Crippen LogP contribution in [0.1, 0.15) is 219 Å². The van der Waals surface area contributed by atoms with Gasteiger partial charge < -0.3 is 23.8 Å². The minimum Gasteiger partial charge on any atom is -0.477 e. The summed E-state index contributed by atoms with van der Waals surface area (Å²) in [6, 6.07) is -0.614. The Kier molecular flexibility index (Phi) is 39.0. The number of hydrogen-bond acceptors (Lipinski definition) is 6. The molecule has 2 atom stereocenters. The molecule has 0 saturated heterocycles. The van der Waals surface area contributed by atoms with Crippen LogP contribution in [0.25, 0.3) is 0 Å². The van der Waals surface area contributed by atoms with Gasteiger partial charge in [0.15, 0.2) is 12.1 Å². The first kappa shape index (κ1) is 54.8. The lowest BCUT2D eigenvalue weighted by atomic mass is 10.0. The van der Waals surface area contributed by atoms with Crippen molar-refractivity contribution in [3.63, 3.8) is 0 Å². The maximum absolute atomic E-state index is 12.7. The quantitative estimate of drug-likeness (QED) is 0.0283. The van der Waals surface area contributed by atoms with E-state index in [-0.39, 0.29) is 36.2 Å². The van der Waals surface area contributed by atoms with Gasteiger partial charge in [-0.1, -0.05) is 186 Å². The van der Waals surface area contributed by atoms with E-state index in [4.69, 9.17) is 14.2 Å². The molecular formula is C49H92NO7+. The second-order valence-corrected chi connectivity index (χ2v) is 17.3. The predicted molar refractivity (Wildman–Crippen MR) is 238 cm³/mol. The van der Waals surface area contributed by atoms with Crippen molar-refractivity contribution >= 4 is 17.9 Å². The molecule has 0 radical (unpaired) electrons. The van der Waals surface area contributed by atoms with E-state index in [1.54, 1.807) is 0 Å². The van der Waals surface area contributed by atoms with Gasteiger partial charge in [0, 0.05) is 19.3 Å². The Morgan fingerprint density at radius 3 is 1.44 bits per heavy atom. The number of rotatable bonds is 43. The van der Waals surface area contributed by atoms with E-state index in [1.807, 2.05) is 21.1 Å². The van der Waals surface area contributed by atoms with Crippen LogP contribution in [0.5, 0.6) is 0 Å². The lowest BCUT2D eigenvalue weighted by Crippen LogP contribution is -2.50. The highest BCUT2D eigenvalue weighted by atomic mass is 16.6.